The third-order valence-electron chi connectivity index (χ3n) is 4.20. The van der Waals surface area contributed by atoms with Crippen LogP contribution in [-0.4, -0.2) is 30.5 Å². The summed E-state index contributed by atoms with van der Waals surface area (Å²) in [6, 6.07) is 6.21. The Kier molecular flexibility index (Phi) is 3.19. The second kappa shape index (κ2) is 4.85. The molecular weight excluding hydrogens is 240 g/mol. The Hall–Kier alpha value is -1.55. The quantitative estimate of drug-likeness (QED) is 0.835. The van der Waals surface area contributed by atoms with Crippen LogP contribution in [-0.2, 0) is 11.2 Å². The van der Waals surface area contributed by atoms with Gasteiger partial charge in [0.15, 0.2) is 0 Å². The number of amides is 1. The van der Waals surface area contributed by atoms with Crippen molar-refractivity contribution >= 4 is 5.91 Å². The first kappa shape index (κ1) is 12.5. The van der Waals surface area contributed by atoms with Gasteiger partial charge in [-0.15, -0.1) is 0 Å². The van der Waals surface area contributed by atoms with E-state index in [9.17, 15) is 4.79 Å². The minimum absolute atomic E-state index is 0.0109. The van der Waals surface area contributed by atoms with Gasteiger partial charge in [-0.05, 0) is 36.1 Å². The summed E-state index contributed by atoms with van der Waals surface area (Å²) in [7, 11) is 1.86. The molecule has 2 heterocycles. The molecule has 1 aromatic carbocycles. The third-order valence-corrected chi connectivity index (χ3v) is 4.20. The molecule has 3 rings (SSSR count). The molecule has 2 aliphatic heterocycles. The van der Waals surface area contributed by atoms with Crippen molar-refractivity contribution in [3.05, 3.63) is 29.3 Å². The predicted octanol–water partition coefficient (Wildman–Crippen LogP) is 1.63. The van der Waals surface area contributed by atoms with Crippen molar-refractivity contribution in [2.24, 2.45) is 5.73 Å². The van der Waals surface area contributed by atoms with Gasteiger partial charge in [0.05, 0.1) is 12.6 Å². The highest BCUT2D eigenvalue weighted by Gasteiger charge is 2.31. The summed E-state index contributed by atoms with van der Waals surface area (Å²) < 4.78 is 5.53. The number of hydrogen-bond acceptors (Lipinski definition) is 3. The van der Waals surface area contributed by atoms with Gasteiger partial charge in [0, 0.05) is 25.9 Å². The topological polar surface area (TPSA) is 55.6 Å². The van der Waals surface area contributed by atoms with E-state index in [2.05, 4.69) is 6.07 Å². The van der Waals surface area contributed by atoms with E-state index >= 15 is 0 Å². The minimum atomic E-state index is -0.0131. The van der Waals surface area contributed by atoms with Crippen molar-refractivity contribution in [1.29, 1.82) is 0 Å². The summed E-state index contributed by atoms with van der Waals surface area (Å²) in [4.78, 5) is 13.8. The van der Waals surface area contributed by atoms with Crippen LogP contribution < -0.4 is 10.5 Å². The minimum Gasteiger partial charge on any atom is -0.493 e. The van der Waals surface area contributed by atoms with Crippen LogP contribution in [0.15, 0.2) is 18.2 Å². The summed E-state index contributed by atoms with van der Waals surface area (Å²) in [5.41, 5.74) is 8.65. The normalized spacial score (nSPS) is 26.8. The zero-order valence-electron chi connectivity index (χ0n) is 11.3. The van der Waals surface area contributed by atoms with Crippen LogP contribution in [0.25, 0.3) is 0 Å². The van der Waals surface area contributed by atoms with Crippen LogP contribution >= 0.6 is 0 Å². The number of benzene rings is 1. The van der Waals surface area contributed by atoms with E-state index in [4.69, 9.17) is 10.5 Å². The molecule has 4 heteroatoms. The molecule has 0 radical (unpaired) electrons. The first-order valence-electron chi connectivity index (χ1n) is 6.93. The largest absolute Gasteiger partial charge is 0.493 e. The zero-order chi connectivity index (χ0) is 13.4. The van der Waals surface area contributed by atoms with Gasteiger partial charge in [-0.3, -0.25) is 4.79 Å². The van der Waals surface area contributed by atoms with Crippen LogP contribution in [0.3, 0.4) is 0 Å². The molecule has 2 atom stereocenters. The first-order valence-corrected chi connectivity index (χ1v) is 6.93. The fourth-order valence-corrected chi connectivity index (χ4v) is 3.13. The summed E-state index contributed by atoms with van der Waals surface area (Å²) in [5, 5.41) is 0. The maximum Gasteiger partial charge on any atom is 0.222 e. The number of fused-ring (bicyclic) bond motifs is 1. The predicted molar refractivity (Wildman–Crippen MR) is 73.0 cm³/mol. The number of hydrogen-bond donors (Lipinski definition) is 1. The van der Waals surface area contributed by atoms with Crippen molar-refractivity contribution in [1.82, 2.24) is 4.90 Å². The van der Waals surface area contributed by atoms with Crippen molar-refractivity contribution in [2.75, 3.05) is 13.7 Å². The number of rotatable bonds is 1. The Labute approximate surface area is 113 Å². The molecule has 2 aliphatic rings. The molecule has 2 N–H and O–H groups in total. The van der Waals surface area contributed by atoms with Gasteiger partial charge in [0.25, 0.3) is 0 Å². The van der Waals surface area contributed by atoms with Gasteiger partial charge in [-0.1, -0.05) is 6.07 Å². The molecule has 0 bridgehead atoms. The molecule has 19 heavy (non-hydrogen) atoms. The summed E-state index contributed by atoms with van der Waals surface area (Å²) in [6.45, 7) is 0.754. The van der Waals surface area contributed by atoms with Gasteiger partial charge in [0.2, 0.25) is 5.91 Å². The lowest BCUT2D eigenvalue weighted by molar-refractivity contribution is -0.131. The van der Waals surface area contributed by atoms with Crippen LogP contribution in [0.2, 0.25) is 0 Å². The van der Waals surface area contributed by atoms with Crippen molar-refractivity contribution in [3.8, 4) is 5.75 Å². The molecule has 4 nitrogen and oxygen atoms in total. The number of likely N-dealkylation sites (N-methyl/N-ethyl adjacent to an activating group) is 1. The van der Waals surface area contributed by atoms with Gasteiger partial charge >= 0.3 is 0 Å². The lowest BCUT2D eigenvalue weighted by Gasteiger charge is -2.31. The highest BCUT2D eigenvalue weighted by atomic mass is 16.5. The van der Waals surface area contributed by atoms with E-state index in [1.807, 2.05) is 24.1 Å². The average molecular weight is 260 g/mol. The van der Waals surface area contributed by atoms with Crippen LogP contribution in [0, 0.1) is 0 Å². The first-order chi connectivity index (χ1) is 9.16. The molecule has 0 aliphatic carbocycles. The Morgan fingerprint density at radius 2 is 2.21 bits per heavy atom. The van der Waals surface area contributed by atoms with E-state index < -0.39 is 0 Å². The molecule has 0 aromatic heterocycles. The van der Waals surface area contributed by atoms with Crippen LogP contribution in [0.1, 0.15) is 36.4 Å². The van der Waals surface area contributed by atoms with E-state index in [1.54, 1.807) is 0 Å². The number of ether oxygens (including phenoxy) is 1. The van der Waals surface area contributed by atoms with E-state index in [-0.39, 0.29) is 18.0 Å². The number of carbonyl (C=O) groups excluding carboxylic acids is 1. The summed E-state index contributed by atoms with van der Waals surface area (Å²) >= 11 is 0. The molecule has 0 saturated carbocycles. The molecule has 1 aromatic rings. The summed E-state index contributed by atoms with van der Waals surface area (Å²) in [6.07, 6.45) is 3.33. The molecule has 1 fully saturated rings. The highest BCUT2D eigenvalue weighted by Crippen LogP contribution is 2.33. The van der Waals surface area contributed by atoms with Crippen molar-refractivity contribution in [2.45, 2.75) is 37.8 Å². The SMILES string of the molecule is CN1C(=O)CCCC(N)C1c1ccc2c(c1)CCO2. The monoisotopic (exact) mass is 260 g/mol. The molecule has 102 valence electrons. The molecular formula is C15H20N2O2. The maximum atomic E-state index is 12.0. The Balaban J connectivity index is 1.96. The molecule has 1 saturated heterocycles. The third kappa shape index (κ3) is 2.21. The zero-order valence-corrected chi connectivity index (χ0v) is 11.3. The second-order valence-corrected chi connectivity index (χ2v) is 5.47. The second-order valence-electron chi connectivity index (χ2n) is 5.47. The number of carbonyl (C=O) groups is 1. The van der Waals surface area contributed by atoms with Gasteiger partial charge in [-0.2, -0.15) is 0 Å². The average Bonchev–Trinajstić information content (AvgIpc) is 2.81. The van der Waals surface area contributed by atoms with E-state index in [1.165, 1.54) is 5.56 Å². The number of nitrogens with zero attached hydrogens (tertiary/aromatic N) is 1. The smallest absolute Gasteiger partial charge is 0.222 e. The molecule has 0 spiro atoms. The summed E-state index contributed by atoms with van der Waals surface area (Å²) in [5.74, 6) is 1.16. The Bertz CT molecular complexity index is 501. The Morgan fingerprint density at radius 1 is 1.37 bits per heavy atom. The van der Waals surface area contributed by atoms with Crippen LogP contribution in [0.4, 0.5) is 0 Å². The van der Waals surface area contributed by atoms with Crippen LogP contribution in [0.5, 0.6) is 5.75 Å². The van der Waals surface area contributed by atoms with Gasteiger partial charge in [-0.25, -0.2) is 0 Å². The lowest BCUT2D eigenvalue weighted by atomic mass is 9.95. The number of likely N-dealkylation sites (tertiary alicyclic amines) is 1. The van der Waals surface area contributed by atoms with Crippen molar-refractivity contribution in [3.63, 3.8) is 0 Å². The van der Waals surface area contributed by atoms with Crippen molar-refractivity contribution < 1.29 is 9.53 Å². The fourth-order valence-electron chi connectivity index (χ4n) is 3.13. The van der Waals surface area contributed by atoms with Gasteiger partial charge in [0.1, 0.15) is 5.75 Å². The fraction of sp³-hybridized carbons (Fsp3) is 0.533. The standard InChI is InChI=1S/C15H20N2O2/c1-17-14(18)4-2-3-12(16)15(17)11-5-6-13-10(9-11)7-8-19-13/h5-6,9,12,15H,2-4,7-8,16H2,1H3. The maximum absolute atomic E-state index is 12.0. The number of nitrogens with two attached hydrogens (primary N) is 1. The Morgan fingerprint density at radius 3 is 3.05 bits per heavy atom. The highest BCUT2D eigenvalue weighted by molar-refractivity contribution is 5.76. The molecule has 2 unspecified atom stereocenters. The molecule has 1 amide bonds. The van der Waals surface area contributed by atoms with E-state index in [0.717, 1.165) is 37.2 Å². The van der Waals surface area contributed by atoms with Gasteiger partial charge < -0.3 is 15.4 Å². The lowest BCUT2D eigenvalue weighted by Crippen LogP contribution is -2.39. The van der Waals surface area contributed by atoms with E-state index in [0.29, 0.717) is 6.42 Å².